The SMILES string of the molecule is CNC(=O)C1CCCN(c2nc3ncn(CC(=O)Nc4ccc(F)cc4)c(=O)c3s2)C1. The van der Waals surface area contributed by atoms with Gasteiger partial charge in [0.2, 0.25) is 11.8 Å². The largest absolute Gasteiger partial charge is 0.359 e. The maximum absolute atomic E-state index is 13.0. The molecule has 0 saturated carbocycles. The van der Waals surface area contributed by atoms with E-state index in [4.69, 9.17) is 0 Å². The van der Waals surface area contributed by atoms with Crippen LogP contribution in [0, 0.1) is 11.7 Å². The molecule has 2 N–H and O–H groups in total. The number of carbonyl (C=O) groups is 2. The van der Waals surface area contributed by atoms with Crippen LogP contribution in [0.15, 0.2) is 35.4 Å². The van der Waals surface area contributed by atoms with E-state index in [1.165, 1.54) is 46.5 Å². The first-order valence-corrected chi connectivity index (χ1v) is 10.6. The molecule has 1 fully saturated rings. The fraction of sp³-hybridized carbons (Fsp3) is 0.350. The van der Waals surface area contributed by atoms with Crippen molar-refractivity contribution >= 4 is 44.3 Å². The molecule has 9 nitrogen and oxygen atoms in total. The number of carbonyl (C=O) groups excluding carboxylic acids is 2. The standard InChI is InChI=1S/C20H21FN6O3S/c1-22-18(29)12-3-2-8-26(9-12)20-25-17-16(31-20)19(30)27(11-23-17)10-15(28)24-14-6-4-13(21)5-7-14/h4-7,11-12H,2-3,8-10H2,1H3,(H,22,29)(H,24,28). The summed E-state index contributed by atoms with van der Waals surface area (Å²) >= 11 is 1.21. The van der Waals surface area contributed by atoms with E-state index in [9.17, 15) is 18.8 Å². The Morgan fingerprint density at radius 1 is 1.29 bits per heavy atom. The van der Waals surface area contributed by atoms with Crippen LogP contribution in [0.3, 0.4) is 0 Å². The van der Waals surface area contributed by atoms with Crippen molar-refractivity contribution in [1.29, 1.82) is 0 Å². The Labute approximate surface area is 180 Å². The minimum atomic E-state index is -0.427. The second-order valence-electron chi connectivity index (χ2n) is 7.28. The summed E-state index contributed by atoms with van der Waals surface area (Å²) in [6, 6.07) is 5.36. The van der Waals surface area contributed by atoms with E-state index < -0.39 is 11.7 Å². The molecular weight excluding hydrogens is 423 g/mol. The maximum atomic E-state index is 13.0. The molecule has 2 amide bonds. The van der Waals surface area contributed by atoms with E-state index in [0.29, 0.717) is 27.7 Å². The third-order valence-corrected chi connectivity index (χ3v) is 6.22. The van der Waals surface area contributed by atoms with E-state index in [2.05, 4.69) is 20.6 Å². The van der Waals surface area contributed by atoms with Gasteiger partial charge in [0.1, 0.15) is 23.4 Å². The van der Waals surface area contributed by atoms with Crippen LogP contribution in [0.25, 0.3) is 10.3 Å². The second kappa shape index (κ2) is 8.80. The zero-order chi connectivity index (χ0) is 22.0. The Bertz CT molecular complexity index is 1180. The molecule has 11 heteroatoms. The van der Waals surface area contributed by atoms with Gasteiger partial charge in [0, 0.05) is 25.8 Å². The van der Waals surface area contributed by atoms with E-state index in [0.717, 1.165) is 19.4 Å². The molecule has 31 heavy (non-hydrogen) atoms. The van der Waals surface area contributed by atoms with Gasteiger partial charge in [0.15, 0.2) is 10.8 Å². The summed E-state index contributed by atoms with van der Waals surface area (Å²) in [5.74, 6) is -0.951. The predicted molar refractivity (Wildman–Crippen MR) is 116 cm³/mol. The van der Waals surface area contributed by atoms with Gasteiger partial charge in [0.25, 0.3) is 5.56 Å². The van der Waals surface area contributed by atoms with Crippen LogP contribution in [0.1, 0.15) is 12.8 Å². The molecule has 1 saturated heterocycles. The lowest BCUT2D eigenvalue weighted by atomic mass is 9.98. The molecule has 2 aromatic heterocycles. The molecule has 1 atom stereocenters. The van der Waals surface area contributed by atoms with E-state index in [1.54, 1.807) is 7.05 Å². The average Bonchev–Trinajstić information content (AvgIpc) is 3.22. The number of thiazole rings is 1. The quantitative estimate of drug-likeness (QED) is 0.619. The normalized spacial score (nSPS) is 16.3. The Hall–Kier alpha value is -3.34. The highest BCUT2D eigenvalue weighted by atomic mass is 32.1. The molecular formula is C20H21FN6O3S. The number of piperidine rings is 1. The first-order chi connectivity index (χ1) is 14.9. The van der Waals surface area contributed by atoms with Crippen LogP contribution < -0.4 is 21.1 Å². The lowest BCUT2D eigenvalue weighted by molar-refractivity contribution is -0.124. The average molecular weight is 444 g/mol. The van der Waals surface area contributed by atoms with Crippen molar-refractivity contribution in [3.8, 4) is 0 Å². The predicted octanol–water partition coefficient (Wildman–Crippen LogP) is 1.59. The molecule has 4 rings (SSSR count). The maximum Gasteiger partial charge on any atom is 0.273 e. The zero-order valence-corrected chi connectivity index (χ0v) is 17.6. The van der Waals surface area contributed by atoms with Gasteiger partial charge in [-0.15, -0.1) is 0 Å². The summed E-state index contributed by atoms with van der Waals surface area (Å²) < 4.78 is 14.6. The number of benzene rings is 1. The summed E-state index contributed by atoms with van der Waals surface area (Å²) in [7, 11) is 1.62. The summed E-state index contributed by atoms with van der Waals surface area (Å²) in [4.78, 5) is 47.8. The number of hydrogen-bond donors (Lipinski definition) is 2. The van der Waals surface area contributed by atoms with Crippen molar-refractivity contribution in [2.24, 2.45) is 5.92 Å². The van der Waals surface area contributed by atoms with Crippen LogP contribution in [-0.2, 0) is 16.1 Å². The highest BCUT2D eigenvalue weighted by molar-refractivity contribution is 7.22. The fourth-order valence-electron chi connectivity index (χ4n) is 3.54. The first kappa shape index (κ1) is 20.9. The number of fused-ring (bicyclic) bond motifs is 1. The summed E-state index contributed by atoms with van der Waals surface area (Å²) in [5.41, 5.74) is 0.398. The van der Waals surface area contributed by atoms with Crippen molar-refractivity contribution in [3.05, 3.63) is 46.8 Å². The number of nitrogens with zero attached hydrogens (tertiary/aromatic N) is 4. The van der Waals surface area contributed by atoms with Gasteiger partial charge in [-0.25, -0.2) is 9.37 Å². The topological polar surface area (TPSA) is 109 Å². The molecule has 3 aromatic rings. The van der Waals surface area contributed by atoms with Crippen LogP contribution in [0.5, 0.6) is 0 Å². The number of halogens is 1. The third-order valence-electron chi connectivity index (χ3n) is 5.12. The van der Waals surface area contributed by atoms with Crippen LogP contribution >= 0.6 is 11.3 Å². The lowest BCUT2D eigenvalue weighted by Crippen LogP contribution is -2.42. The molecule has 1 aliphatic rings. The molecule has 0 spiro atoms. The van der Waals surface area contributed by atoms with Gasteiger partial charge in [-0.05, 0) is 37.1 Å². The van der Waals surface area contributed by atoms with Gasteiger partial charge >= 0.3 is 0 Å². The minimum absolute atomic E-state index is 0.00143. The van der Waals surface area contributed by atoms with Gasteiger partial charge in [-0.2, -0.15) is 4.98 Å². The Balaban J connectivity index is 1.51. The van der Waals surface area contributed by atoms with Crippen molar-refractivity contribution in [2.45, 2.75) is 19.4 Å². The summed E-state index contributed by atoms with van der Waals surface area (Å²) in [6.07, 6.45) is 2.96. The molecule has 162 valence electrons. The van der Waals surface area contributed by atoms with Gasteiger partial charge < -0.3 is 15.5 Å². The zero-order valence-electron chi connectivity index (χ0n) is 16.8. The molecule has 0 radical (unpaired) electrons. The number of anilines is 2. The van der Waals surface area contributed by atoms with Crippen LogP contribution in [0.2, 0.25) is 0 Å². The Morgan fingerprint density at radius 3 is 2.81 bits per heavy atom. The van der Waals surface area contributed by atoms with Crippen molar-refractivity contribution in [3.63, 3.8) is 0 Å². The van der Waals surface area contributed by atoms with Crippen LogP contribution in [0.4, 0.5) is 15.2 Å². The molecule has 0 aliphatic carbocycles. The van der Waals surface area contributed by atoms with Gasteiger partial charge in [0.05, 0.1) is 5.92 Å². The summed E-state index contributed by atoms with van der Waals surface area (Å²) in [6.45, 7) is 1.06. The monoisotopic (exact) mass is 444 g/mol. The number of amides is 2. The molecule has 1 aliphatic heterocycles. The number of nitrogens with one attached hydrogen (secondary N) is 2. The van der Waals surface area contributed by atoms with E-state index >= 15 is 0 Å². The molecule has 1 aromatic carbocycles. The number of rotatable bonds is 5. The molecule has 1 unspecified atom stereocenters. The number of aromatic nitrogens is 3. The first-order valence-electron chi connectivity index (χ1n) is 9.82. The van der Waals surface area contributed by atoms with Gasteiger partial charge in [-0.1, -0.05) is 11.3 Å². The molecule has 0 bridgehead atoms. The molecule has 3 heterocycles. The van der Waals surface area contributed by atoms with E-state index in [-0.39, 0.29) is 23.9 Å². The van der Waals surface area contributed by atoms with Crippen LogP contribution in [-0.4, -0.2) is 46.5 Å². The van der Waals surface area contributed by atoms with Crippen molar-refractivity contribution < 1.29 is 14.0 Å². The van der Waals surface area contributed by atoms with Crippen molar-refractivity contribution in [2.75, 3.05) is 30.4 Å². The third kappa shape index (κ3) is 4.55. The second-order valence-corrected chi connectivity index (χ2v) is 8.26. The Morgan fingerprint density at radius 2 is 2.06 bits per heavy atom. The highest BCUT2D eigenvalue weighted by Gasteiger charge is 2.27. The minimum Gasteiger partial charge on any atom is -0.359 e. The number of hydrogen-bond acceptors (Lipinski definition) is 7. The summed E-state index contributed by atoms with van der Waals surface area (Å²) in [5, 5.41) is 5.94. The highest BCUT2D eigenvalue weighted by Crippen LogP contribution is 2.29. The van der Waals surface area contributed by atoms with Gasteiger partial charge in [-0.3, -0.25) is 19.0 Å². The fourth-order valence-corrected chi connectivity index (χ4v) is 4.54. The van der Waals surface area contributed by atoms with E-state index in [1.807, 2.05) is 4.90 Å². The lowest BCUT2D eigenvalue weighted by Gasteiger charge is -2.31. The Kier molecular flexibility index (Phi) is 5.94. The van der Waals surface area contributed by atoms with Crippen molar-refractivity contribution in [1.82, 2.24) is 19.9 Å². The smallest absolute Gasteiger partial charge is 0.273 e.